The molecule has 0 fully saturated rings. The molecule has 1 heterocycles. The largest absolute Gasteiger partial charge is 0.481 e. The first-order valence-electron chi connectivity index (χ1n) is 10.4. The molecule has 0 saturated heterocycles. The van der Waals surface area contributed by atoms with E-state index < -0.39 is 18.0 Å². The highest BCUT2D eigenvalue weighted by atomic mass is 32.1. The zero-order valence-electron chi connectivity index (χ0n) is 18.4. The number of rotatable bonds is 9. The lowest BCUT2D eigenvalue weighted by molar-refractivity contribution is -0.140. The summed E-state index contributed by atoms with van der Waals surface area (Å²) in [7, 11) is 1.59. The molecule has 2 N–H and O–H groups in total. The second kappa shape index (κ2) is 11.2. The van der Waals surface area contributed by atoms with E-state index in [1.165, 1.54) is 16.2 Å². The predicted octanol–water partition coefficient (Wildman–Crippen LogP) is 4.67. The van der Waals surface area contributed by atoms with Crippen LogP contribution in [0.4, 0.5) is 15.6 Å². The first kappa shape index (κ1) is 23.9. The van der Waals surface area contributed by atoms with E-state index in [9.17, 15) is 19.5 Å². The Bertz CT molecular complexity index is 1120. The average molecular weight is 468 g/mol. The molecule has 172 valence electrons. The number of thiazole rings is 1. The summed E-state index contributed by atoms with van der Waals surface area (Å²) in [5, 5.41) is 14.2. The minimum atomic E-state index is -1.03. The maximum atomic E-state index is 13.2. The number of nitrogens with zero attached hydrogens (tertiary/aromatic N) is 2. The van der Waals surface area contributed by atoms with Crippen LogP contribution in [0.1, 0.15) is 18.9 Å². The summed E-state index contributed by atoms with van der Waals surface area (Å²) in [6.45, 7) is 1.97. The Kier molecular flexibility index (Phi) is 8.15. The SMILES string of the molecule is CCOC(=O)Nc1ccccc1-c1csc(N(C)C(=O)[C@@H](CC(=O)O)Cc2ccccc2)n1. The van der Waals surface area contributed by atoms with Gasteiger partial charge in [0.2, 0.25) is 5.91 Å². The summed E-state index contributed by atoms with van der Waals surface area (Å²) < 4.78 is 4.95. The molecule has 0 spiro atoms. The van der Waals surface area contributed by atoms with Crippen LogP contribution in [0, 0.1) is 5.92 Å². The number of anilines is 2. The molecule has 33 heavy (non-hydrogen) atoms. The van der Waals surface area contributed by atoms with Crippen molar-refractivity contribution in [2.24, 2.45) is 5.92 Å². The van der Waals surface area contributed by atoms with Crippen LogP contribution in [0.25, 0.3) is 11.3 Å². The molecule has 2 aromatic carbocycles. The van der Waals surface area contributed by atoms with Gasteiger partial charge in [0.15, 0.2) is 5.13 Å². The highest BCUT2D eigenvalue weighted by Gasteiger charge is 2.27. The maximum absolute atomic E-state index is 13.2. The molecule has 0 aliphatic carbocycles. The van der Waals surface area contributed by atoms with E-state index in [1.807, 2.05) is 42.5 Å². The number of hydrogen-bond acceptors (Lipinski definition) is 6. The second-order valence-corrected chi connectivity index (χ2v) is 8.12. The summed E-state index contributed by atoms with van der Waals surface area (Å²) in [6.07, 6.45) is -0.520. The molecule has 9 heteroatoms. The number of ether oxygens (including phenoxy) is 1. The van der Waals surface area contributed by atoms with Crippen LogP contribution in [0.5, 0.6) is 0 Å². The molecule has 1 atom stereocenters. The molecule has 0 aliphatic rings. The van der Waals surface area contributed by atoms with Crippen molar-refractivity contribution in [3.63, 3.8) is 0 Å². The number of para-hydroxylation sites is 1. The molecule has 0 aliphatic heterocycles. The van der Waals surface area contributed by atoms with Crippen molar-refractivity contribution in [1.29, 1.82) is 0 Å². The topological polar surface area (TPSA) is 109 Å². The average Bonchev–Trinajstić information content (AvgIpc) is 3.28. The van der Waals surface area contributed by atoms with Gasteiger partial charge in [-0.25, -0.2) is 9.78 Å². The molecule has 8 nitrogen and oxygen atoms in total. The van der Waals surface area contributed by atoms with Gasteiger partial charge < -0.3 is 9.84 Å². The molecule has 0 saturated carbocycles. The molecule has 1 aromatic heterocycles. The van der Waals surface area contributed by atoms with Gasteiger partial charge in [-0.2, -0.15) is 0 Å². The van der Waals surface area contributed by atoms with Gasteiger partial charge in [-0.15, -0.1) is 11.3 Å². The molecular formula is C24H25N3O5S. The lowest BCUT2D eigenvalue weighted by atomic mass is 9.95. The minimum absolute atomic E-state index is 0.252. The van der Waals surface area contributed by atoms with Crippen LogP contribution in [0.15, 0.2) is 60.0 Å². The van der Waals surface area contributed by atoms with Crippen LogP contribution in [-0.4, -0.2) is 41.7 Å². The van der Waals surface area contributed by atoms with Crippen molar-refractivity contribution in [2.45, 2.75) is 19.8 Å². The lowest BCUT2D eigenvalue weighted by Crippen LogP contribution is -2.35. The number of hydrogen-bond donors (Lipinski definition) is 2. The first-order valence-corrected chi connectivity index (χ1v) is 11.3. The van der Waals surface area contributed by atoms with E-state index in [2.05, 4.69) is 10.3 Å². The number of benzene rings is 2. The highest BCUT2D eigenvalue weighted by molar-refractivity contribution is 7.14. The predicted molar refractivity (Wildman–Crippen MR) is 127 cm³/mol. The third kappa shape index (κ3) is 6.39. The summed E-state index contributed by atoms with van der Waals surface area (Å²) >= 11 is 1.26. The number of carboxylic acids is 1. The normalized spacial score (nSPS) is 11.5. The molecule has 0 radical (unpaired) electrons. The van der Waals surface area contributed by atoms with Gasteiger partial charge in [0.1, 0.15) is 0 Å². The van der Waals surface area contributed by atoms with Crippen LogP contribution in [0.2, 0.25) is 0 Å². The van der Waals surface area contributed by atoms with Crippen LogP contribution in [0.3, 0.4) is 0 Å². The number of nitrogens with one attached hydrogen (secondary N) is 1. The maximum Gasteiger partial charge on any atom is 0.411 e. The third-order valence-electron chi connectivity index (χ3n) is 4.92. The molecule has 3 rings (SSSR count). The van der Waals surface area contributed by atoms with Crippen molar-refractivity contribution in [3.8, 4) is 11.3 Å². The Morgan fingerprint density at radius 3 is 2.52 bits per heavy atom. The second-order valence-electron chi connectivity index (χ2n) is 7.29. The van der Waals surface area contributed by atoms with Crippen LogP contribution >= 0.6 is 11.3 Å². The number of amides is 2. The van der Waals surface area contributed by atoms with E-state index in [1.54, 1.807) is 31.5 Å². The Hall–Kier alpha value is -3.72. The van der Waals surface area contributed by atoms with E-state index >= 15 is 0 Å². The lowest BCUT2D eigenvalue weighted by Gasteiger charge is -2.21. The Labute approximate surface area is 195 Å². The molecule has 0 unspecified atom stereocenters. The summed E-state index contributed by atoms with van der Waals surface area (Å²) in [4.78, 5) is 42.4. The van der Waals surface area contributed by atoms with Crippen molar-refractivity contribution in [2.75, 3.05) is 23.9 Å². The van der Waals surface area contributed by atoms with Gasteiger partial charge in [0, 0.05) is 18.0 Å². The molecule has 0 bridgehead atoms. The monoisotopic (exact) mass is 467 g/mol. The fourth-order valence-electron chi connectivity index (χ4n) is 3.36. The van der Waals surface area contributed by atoms with Gasteiger partial charge in [-0.1, -0.05) is 48.5 Å². The van der Waals surface area contributed by atoms with Crippen LogP contribution in [-0.2, 0) is 20.7 Å². The van der Waals surface area contributed by atoms with Gasteiger partial charge >= 0.3 is 12.1 Å². The standard InChI is InChI=1S/C24H25N3O5S/c1-3-32-24(31)26-19-12-8-7-11-18(19)20-15-33-23(25-20)27(2)22(30)17(14-21(28)29)13-16-9-5-4-6-10-16/h4-12,15,17H,3,13-14H2,1-2H3,(H,26,31)(H,28,29)/t17-/m1/s1. The number of aliphatic carboxylic acids is 1. The third-order valence-corrected chi connectivity index (χ3v) is 5.84. The Balaban J connectivity index is 1.81. The van der Waals surface area contributed by atoms with Gasteiger partial charge in [0.25, 0.3) is 0 Å². The van der Waals surface area contributed by atoms with E-state index in [-0.39, 0.29) is 18.9 Å². The zero-order chi connectivity index (χ0) is 23.8. The van der Waals surface area contributed by atoms with Gasteiger partial charge in [-0.3, -0.25) is 19.8 Å². The van der Waals surface area contributed by atoms with Crippen molar-refractivity contribution >= 4 is 40.1 Å². The van der Waals surface area contributed by atoms with Crippen molar-refractivity contribution in [3.05, 3.63) is 65.5 Å². The quantitative estimate of drug-likeness (QED) is 0.473. The smallest absolute Gasteiger partial charge is 0.411 e. The molecule has 2 amide bonds. The highest BCUT2D eigenvalue weighted by Crippen LogP contribution is 2.32. The first-order chi connectivity index (χ1) is 15.9. The summed E-state index contributed by atoms with van der Waals surface area (Å²) in [5.41, 5.74) is 2.69. The Morgan fingerprint density at radius 2 is 1.82 bits per heavy atom. The number of aromatic nitrogens is 1. The van der Waals surface area contributed by atoms with E-state index in [0.29, 0.717) is 28.5 Å². The zero-order valence-corrected chi connectivity index (χ0v) is 19.2. The fourth-order valence-corrected chi connectivity index (χ4v) is 4.15. The van der Waals surface area contributed by atoms with Crippen LogP contribution < -0.4 is 10.2 Å². The van der Waals surface area contributed by atoms with Gasteiger partial charge in [0.05, 0.1) is 30.3 Å². The number of carboxylic acid groups (broad SMARTS) is 1. The fraction of sp³-hybridized carbons (Fsp3) is 0.250. The van der Waals surface area contributed by atoms with Gasteiger partial charge in [-0.05, 0) is 25.0 Å². The van der Waals surface area contributed by atoms with Crippen molar-refractivity contribution in [1.82, 2.24) is 4.98 Å². The molecule has 3 aromatic rings. The number of carbonyl (C=O) groups excluding carboxylic acids is 2. The van der Waals surface area contributed by atoms with E-state index in [0.717, 1.165) is 5.56 Å². The van der Waals surface area contributed by atoms with Crippen molar-refractivity contribution < 1.29 is 24.2 Å². The summed E-state index contributed by atoms with van der Waals surface area (Å²) in [6, 6.07) is 16.5. The number of carbonyl (C=O) groups is 3. The molecular weight excluding hydrogens is 442 g/mol. The Morgan fingerprint density at radius 1 is 1.12 bits per heavy atom. The minimum Gasteiger partial charge on any atom is -0.481 e. The summed E-state index contributed by atoms with van der Waals surface area (Å²) in [5.74, 6) is -2.07. The van der Waals surface area contributed by atoms with E-state index in [4.69, 9.17) is 4.74 Å².